The second-order valence-corrected chi connectivity index (χ2v) is 9.04. The average molecular weight is 413 g/mol. The minimum atomic E-state index is -0.344. The Kier molecular flexibility index (Phi) is 7.25. The van der Waals surface area contributed by atoms with Crippen LogP contribution in [-0.4, -0.2) is 42.7 Å². The highest BCUT2D eigenvalue weighted by atomic mass is 35.5. The lowest BCUT2D eigenvalue weighted by Crippen LogP contribution is -2.33. The number of hydrogen-bond donors (Lipinski definition) is 2. The summed E-state index contributed by atoms with van der Waals surface area (Å²) in [7, 11) is 0. The van der Waals surface area contributed by atoms with Crippen LogP contribution >= 0.6 is 11.6 Å². The first kappa shape index (κ1) is 20.9. The number of benzene rings is 2. The third-order valence-corrected chi connectivity index (χ3v) is 6.89. The lowest BCUT2D eigenvalue weighted by Gasteiger charge is -2.32. The van der Waals surface area contributed by atoms with Gasteiger partial charge >= 0.3 is 0 Å². The first-order valence-corrected chi connectivity index (χ1v) is 11.5. The van der Waals surface area contributed by atoms with Gasteiger partial charge in [0.25, 0.3) is 0 Å². The molecule has 2 aliphatic rings. The second-order valence-electron chi connectivity index (χ2n) is 8.60. The zero-order valence-corrected chi connectivity index (χ0v) is 18.0. The fourth-order valence-electron chi connectivity index (χ4n) is 4.80. The zero-order valence-electron chi connectivity index (χ0n) is 17.2. The van der Waals surface area contributed by atoms with Crippen molar-refractivity contribution >= 4 is 11.6 Å². The molecule has 1 saturated heterocycles. The summed E-state index contributed by atoms with van der Waals surface area (Å²) < 4.78 is 0. The molecule has 0 amide bonds. The molecule has 0 bridgehead atoms. The molecule has 1 atom stereocenters. The molecule has 2 aliphatic heterocycles. The minimum absolute atomic E-state index is 0.344. The van der Waals surface area contributed by atoms with Crippen molar-refractivity contribution in [1.29, 1.82) is 0 Å². The van der Waals surface area contributed by atoms with E-state index in [-0.39, 0.29) is 6.10 Å². The molecular weight excluding hydrogens is 380 g/mol. The SMILES string of the molecule is OC(CCCN1CCC(c2ccc(Cl)cc2)CC1)c1ccc2c(c1)CCNCC2. The molecule has 0 spiro atoms. The van der Waals surface area contributed by atoms with Gasteiger partial charge < -0.3 is 15.3 Å². The monoisotopic (exact) mass is 412 g/mol. The minimum Gasteiger partial charge on any atom is -0.388 e. The summed E-state index contributed by atoms with van der Waals surface area (Å²) >= 11 is 6.01. The second kappa shape index (κ2) is 10.1. The van der Waals surface area contributed by atoms with Gasteiger partial charge in [0.05, 0.1) is 6.10 Å². The van der Waals surface area contributed by atoms with Crippen LogP contribution in [0.3, 0.4) is 0 Å². The number of likely N-dealkylation sites (tertiary alicyclic amines) is 1. The Bertz CT molecular complexity index is 784. The van der Waals surface area contributed by atoms with E-state index < -0.39 is 0 Å². The van der Waals surface area contributed by atoms with Crippen LogP contribution < -0.4 is 5.32 Å². The van der Waals surface area contributed by atoms with Crippen molar-refractivity contribution in [3.8, 4) is 0 Å². The average Bonchev–Trinajstić information content (AvgIpc) is 2.99. The summed E-state index contributed by atoms with van der Waals surface area (Å²) in [6.07, 6.45) is 6.13. The summed E-state index contributed by atoms with van der Waals surface area (Å²) in [5, 5.41) is 15.0. The predicted octanol–water partition coefficient (Wildman–Crippen LogP) is 4.72. The maximum absolute atomic E-state index is 10.7. The van der Waals surface area contributed by atoms with Crippen molar-refractivity contribution in [2.75, 3.05) is 32.7 Å². The predicted molar refractivity (Wildman–Crippen MR) is 121 cm³/mol. The number of nitrogens with one attached hydrogen (secondary N) is 1. The van der Waals surface area contributed by atoms with E-state index in [1.54, 1.807) is 0 Å². The quantitative estimate of drug-likeness (QED) is 0.720. The normalized spacial score (nSPS) is 19.5. The van der Waals surface area contributed by atoms with Crippen molar-refractivity contribution < 1.29 is 5.11 Å². The molecule has 4 heteroatoms. The van der Waals surface area contributed by atoms with Gasteiger partial charge in [-0.3, -0.25) is 0 Å². The summed E-state index contributed by atoms with van der Waals surface area (Å²) in [6.45, 7) is 5.48. The van der Waals surface area contributed by atoms with E-state index >= 15 is 0 Å². The summed E-state index contributed by atoms with van der Waals surface area (Å²) in [5.41, 5.74) is 5.36. The number of halogens is 1. The largest absolute Gasteiger partial charge is 0.388 e. The highest BCUT2D eigenvalue weighted by molar-refractivity contribution is 6.30. The molecule has 2 aromatic rings. The Labute approximate surface area is 180 Å². The van der Waals surface area contributed by atoms with Crippen LogP contribution in [0.5, 0.6) is 0 Å². The van der Waals surface area contributed by atoms with Gasteiger partial charge in [-0.05, 0) is 112 Å². The Balaban J connectivity index is 1.21. The number of aliphatic hydroxyl groups excluding tert-OH is 1. The molecule has 2 N–H and O–H groups in total. The fraction of sp³-hybridized carbons (Fsp3) is 0.520. The van der Waals surface area contributed by atoms with Crippen LogP contribution in [0.1, 0.15) is 60.0 Å². The molecule has 0 saturated carbocycles. The smallest absolute Gasteiger partial charge is 0.0790 e. The van der Waals surface area contributed by atoms with Gasteiger partial charge in [-0.2, -0.15) is 0 Å². The number of rotatable bonds is 6. The number of hydrogen-bond acceptors (Lipinski definition) is 3. The Morgan fingerprint density at radius 3 is 2.48 bits per heavy atom. The number of aliphatic hydroxyl groups is 1. The lowest BCUT2D eigenvalue weighted by molar-refractivity contribution is 0.148. The van der Waals surface area contributed by atoms with Crippen molar-refractivity contribution in [3.05, 3.63) is 69.7 Å². The lowest BCUT2D eigenvalue weighted by atomic mass is 9.89. The maximum atomic E-state index is 10.7. The van der Waals surface area contributed by atoms with Crippen LogP contribution in [0.15, 0.2) is 42.5 Å². The Morgan fingerprint density at radius 1 is 1.00 bits per heavy atom. The maximum Gasteiger partial charge on any atom is 0.0790 e. The van der Waals surface area contributed by atoms with Crippen LogP contribution in [0.25, 0.3) is 0 Å². The molecule has 2 heterocycles. The van der Waals surface area contributed by atoms with Crippen LogP contribution in [-0.2, 0) is 12.8 Å². The van der Waals surface area contributed by atoms with Gasteiger partial charge in [0.15, 0.2) is 0 Å². The van der Waals surface area contributed by atoms with Gasteiger partial charge in [0.1, 0.15) is 0 Å². The van der Waals surface area contributed by atoms with E-state index in [4.69, 9.17) is 11.6 Å². The molecule has 0 radical (unpaired) electrons. The van der Waals surface area contributed by atoms with Gasteiger partial charge in [-0.25, -0.2) is 0 Å². The Morgan fingerprint density at radius 2 is 1.72 bits per heavy atom. The van der Waals surface area contributed by atoms with Gasteiger partial charge in [-0.15, -0.1) is 0 Å². The third kappa shape index (κ3) is 5.61. The molecule has 29 heavy (non-hydrogen) atoms. The number of nitrogens with zero attached hydrogens (tertiary/aromatic N) is 1. The van der Waals surface area contributed by atoms with E-state index in [0.717, 1.165) is 69.0 Å². The fourth-order valence-corrected chi connectivity index (χ4v) is 4.93. The molecule has 2 aromatic carbocycles. The highest BCUT2D eigenvalue weighted by Gasteiger charge is 2.20. The molecule has 1 fully saturated rings. The van der Waals surface area contributed by atoms with Crippen molar-refractivity contribution in [2.24, 2.45) is 0 Å². The first-order chi connectivity index (χ1) is 14.2. The highest BCUT2D eigenvalue weighted by Crippen LogP contribution is 2.29. The van der Waals surface area contributed by atoms with Crippen molar-refractivity contribution in [2.45, 2.75) is 50.5 Å². The van der Waals surface area contributed by atoms with E-state index in [9.17, 15) is 5.11 Å². The molecule has 4 rings (SSSR count). The van der Waals surface area contributed by atoms with E-state index in [1.165, 1.54) is 29.5 Å². The van der Waals surface area contributed by atoms with E-state index in [2.05, 4.69) is 40.5 Å². The van der Waals surface area contributed by atoms with E-state index in [1.807, 2.05) is 12.1 Å². The summed E-state index contributed by atoms with van der Waals surface area (Å²) in [5.74, 6) is 0.656. The topological polar surface area (TPSA) is 35.5 Å². The van der Waals surface area contributed by atoms with Crippen LogP contribution in [0, 0.1) is 0 Å². The summed E-state index contributed by atoms with van der Waals surface area (Å²) in [4.78, 5) is 2.56. The number of fused-ring (bicyclic) bond motifs is 1. The zero-order chi connectivity index (χ0) is 20.1. The summed E-state index contributed by atoms with van der Waals surface area (Å²) in [6, 6.07) is 15.0. The van der Waals surface area contributed by atoms with Gasteiger partial charge in [-0.1, -0.05) is 41.9 Å². The third-order valence-electron chi connectivity index (χ3n) is 6.64. The number of piperidine rings is 1. The standard InChI is InChI=1S/C25H33ClN2O/c26-24-7-5-19(6-8-24)21-11-16-28(17-12-21)15-1-2-25(29)23-4-3-20-9-13-27-14-10-22(20)18-23/h3-8,18,21,25,27,29H,1-2,9-17H2. The molecule has 1 unspecified atom stereocenters. The molecular formula is C25H33ClN2O. The van der Waals surface area contributed by atoms with Crippen molar-refractivity contribution in [1.82, 2.24) is 10.2 Å². The molecule has 0 aliphatic carbocycles. The van der Waals surface area contributed by atoms with Crippen molar-refractivity contribution in [3.63, 3.8) is 0 Å². The molecule has 156 valence electrons. The van der Waals surface area contributed by atoms with Crippen LogP contribution in [0.2, 0.25) is 5.02 Å². The van der Waals surface area contributed by atoms with Crippen LogP contribution in [0.4, 0.5) is 0 Å². The molecule has 3 nitrogen and oxygen atoms in total. The van der Waals surface area contributed by atoms with E-state index in [0.29, 0.717) is 5.92 Å². The first-order valence-electron chi connectivity index (χ1n) is 11.2. The molecule has 0 aromatic heterocycles. The van der Waals surface area contributed by atoms with Gasteiger partial charge in [0, 0.05) is 5.02 Å². The Hall–Kier alpha value is -1.39. The van der Waals surface area contributed by atoms with Gasteiger partial charge in [0.2, 0.25) is 0 Å².